The molecule has 1 aliphatic heterocycles. The molecule has 5 heteroatoms. The molecule has 0 radical (unpaired) electrons. The molecule has 2 rings (SSSR count). The summed E-state index contributed by atoms with van der Waals surface area (Å²) in [6, 6.07) is -0.105. The molecule has 76 valence electrons. The van der Waals surface area contributed by atoms with E-state index in [4.69, 9.17) is 5.73 Å². The predicted molar refractivity (Wildman–Crippen MR) is 51.3 cm³/mol. The SMILES string of the molecule is Cn1cncc1C1NC(=O)CCC1N. The average Bonchev–Trinajstić information content (AvgIpc) is 2.56. The van der Waals surface area contributed by atoms with E-state index in [2.05, 4.69) is 10.3 Å². The average molecular weight is 194 g/mol. The van der Waals surface area contributed by atoms with Crippen molar-refractivity contribution in [2.24, 2.45) is 12.8 Å². The zero-order valence-corrected chi connectivity index (χ0v) is 8.10. The van der Waals surface area contributed by atoms with Gasteiger partial charge in [-0.15, -0.1) is 0 Å². The lowest BCUT2D eigenvalue weighted by atomic mass is 9.96. The monoisotopic (exact) mass is 194 g/mol. The Labute approximate surface area is 82.3 Å². The molecular weight excluding hydrogens is 180 g/mol. The van der Waals surface area contributed by atoms with Gasteiger partial charge >= 0.3 is 0 Å². The summed E-state index contributed by atoms with van der Waals surface area (Å²) in [5.41, 5.74) is 6.91. The van der Waals surface area contributed by atoms with Crippen LogP contribution in [0.2, 0.25) is 0 Å². The van der Waals surface area contributed by atoms with E-state index in [1.807, 2.05) is 11.6 Å². The summed E-state index contributed by atoms with van der Waals surface area (Å²) in [6.07, 6.45) is 4.72. The first-order valence-corrected chi connectivity index (χ1v) is 4.69. The van der Waals surface area contributed by atoms with Crippen molar-refractivity contribution in [1.82, 2.24) is 14.9 Å². The molecule has 1 aromatic rings. The molecule has 0 saturated carbocycles. The van der Waals surface area contributed by atoms with Gasteiger partial charge in [-0.3, -0.25) is 4.79 Å². The summed E-state index contributed by atoms with van der Waals surface area (Å²) < 4.78 is 1.89. The molecule has 1 amide bonds. The first-order valence-electron chi connectivity index (χ1n) is 4.69. The molecule has 2 heterocycles. The number of piperidine rings is 1. The Bertz CT molecular complexity index is 346. The highest BCUT2D eigenvalue weighted by molar-refractivity contribution is 5.77. The Balaban J connectivity index is 2.24. The molecule has 2 unspecified atom stereocenters. The molecule has 0 aliphatic carbocycles. The summed E-state index contributed by atoms with van der Waals surface area (Å²) in [4.78, 5) is 15.2. The number of hydrogen-bond acceptors (Lipinski definition) is 3. The highest BCUT2D eigenvalue weighted by atomic mass is 16.1. The molecule has 0 aromatic carbocycles. The first-order chi connectivity index (χ1) is 6.68. The standard InChI is InChI=1S/C9H14N4O/c1-13-5-11-4-7(13)9-6(10)2-3-8(14)12-9/h4-6,9H,2-3,10H2,1H3,(H,12,14). The van der Waals surface area contributed by atoms with Gasteiger partial charge in [0.25, 0.3) is 0 Å². The zero-order valence-electron chi connectivity index (χ0n) is 8.10. The van der Waals surface area contributed by atoms with Crippen molar-refractivity contribution < 1.29 is 4.79 Å². The molecular formula is C9H14N4O. The second kappa shape index (κ2) is 3.42. The van der Waals surface area contributed by atoms with Crippen LogP contribution in [0.5, 0.6) is 0 Å². The number of carbonyl (C=O) groups is 1. The fourth-order valence-electron chi connectivity index (χ4n) is 1.78. The minimum Gasteiger partial charge on any atom is -0.346 e. The van der Waals surface area contributed by atoms with Crippen LogP contribution in [-0.4, -0.2) is 21.5 Å². The van der Waals surface area contributed by atoms with Gasteiger partial charge in [0.15, 0.2) is 0 Å². The number of nitrogens with zero attached hydrogens (tertiary/aromatic N) is 2. The topological polar surface area (TPSA) is 72.9 Å². The Morgan fingerprint density at radius 1 is 1.71 bits per heavy atom. The van der Waals surface area contributed by atoms with Crippen LogP contribution in [0.1, 0.15) is 24.6 Å². The minimum absolute atomic E-state index is 0.0110. The van der Waals surface area contributed by atoms with E-state index in [0.29, 0.717) is 6.42 Å². The Hall–Kier alpha value is -1.36. The van der Waals surface area contributed by atoms with Crippen molar-refractivity contribution in [2.45, 2.75) is 24.9 Å². The van der Waals surface area contributed by atoms with Crippen LogP contribution >= 0.6 is 0 Å². The fourth-order valence-corrected chi connectivity index (χ4v) is 1.78. The normalized spacial score (nSPS) is 27.4. The van der Waals surface area contributed by atoms with Crippen LogP contribution in [0.4, 0.5) is 0 Å². The molecule has 1 saturated heterocycles. The second-order valence-corrected chi connectivity index (χ2v) is 3.68. The number of amides is 1. The minimum atomic E-state index is -0.0938. The molecule has 1 aliphatic rings. The highest BCUT2D eigenvalue weighted by Crippen LogP contribution is 2.21. The van der Waals surface area contributed by atoms with E-state index < -0.39 is 0 Å². The van der Waals surface area contributed by atoms with Gasteiger partial charge < -0.3 is 15.6 Å². The van der Waals surface area contributed by atoms with Gasteiger partial charge in [-0.1, -0.05) is 0 Å². The summed E-state index contributed by atoms with van der Waals surface area (Å²) >= 11 is 0. The first kappa shape index (κ1) is 9.21. The van der Waals surface area contributed by atoms with Crippen LogP contribution in [0.15, 0.2) is 12.5 Å². The largest absolute Gasteiger partial charge is 0.346 e. The van der Waals surface area contributed by atoms with Crippen LogP contribution in [0, 0.1) is 0 Å². The molecule has 2 atom stereocenters. The quantitative estimate of drug-likeness (QED) is 0.644. The van der Waals surface area contributed by atoms with Gasteiger partial charge in [0.1, 0.15) is 0 Å². The number of carbonyl (C=O) groups excluding carboxylic acids is 1. The van der Waals surface area contributed by atoms with Gasteiger partial charge in [-0.25, -0.2) is 4.98 Å². The van der Waals surface area contributed by atoms with E-state index in [-0.39, 0.29) is 18.0 Å². The van der Waals surface area contributed by atoms with E-state index >= 15 is 0 Å². The molecule has 1 aromatic heterocycles. The third-order valence-corrected chi connectivity index (χ3v) is 2.62. The van der Waals surface area contributed by atoms with E-state index in [1.165, 1.54) is 0 Å². The van der Waals surface area contributed by atoms with Crippen LogP contribution in [0.3, 0.4) is 0 Å². The van der Waals surface area contributed by atoms with Crippen molar-refractivity contribution in [3.63, 3.8) is 0 Å². The third-order valence-electron chi connectivity index (χ3n) is 2.62. The lowest BCUT2D eigenvalue weighted by Gasteiger charge is -2.29. The summed E-state index contributed by atoms with van der Waals surface area (Å²) in [5, 5.41) is 2.88. The number of aromatic nitrogens is 2. The van der Waals surface area contributed by atoms with Crippen molar-refractivity contribution in [3.05, 3.63) is 18.2 Å². The third kappa shape index (κ3) is 1.50. The number of aryl methyl sites for hydroxylation is 1. The predicted octanol–water partition coefficient (Wildman–Crippen LogP) is -0.302. The number of rotatable bonds is 1. The number of hydrogen-bond donors (Lipinski definition) is 2. The molecule has 3 N–H and O–H groups in total. The van der Waals surface area contributed by atoms with Crippen molar-refractivity contribution >= 4 is 5.91 Å². The van der Waals surface area contributed by atoms with Gasteiger partial charge in [0.05, 0.1) is 24.3 Å². The van der Waals surface area contributed by atoms with Gasteiger partial charge in [-0.05, 0) is 6.42 Å². The van der Waals surface area contributed by atoms with Crippen LogP contribution < -0.4 is 11.1 Å². The molecule has 5 nitrogen and oxygen atoms in total. The maximum absolute atomic E-state index is 11.2. The maximum atomic E-state index is 11.2. The van der Waals surface area contributed by atoms with Crippen molar-refractivity contribution in [1.29, 1.82) is 0 Å². The van der Waals surface area contributed by atoms with Crippen molar-refractivity contribution in [3.8, 4) is 0 Å². The Kier molecular flexibility index (Phi) is 2.25. The van der Waals surface area contributed by atoms with E-state index in [9.17, 15) is 4.79 Å². The van der Waals surface area contributed by atoms with E-state index in [0.717, 1.165) is 12.1 Å². The number of nitrogens with two attached hydrogens (primary N) is 1. The van der Waals surface area contributed by atoms with Crippen LogP contribution in [-0.2, 0) is 11.8 Å². The van der Waals surface area contributed by atoms with Gasteiger partial charge in [0.2, 0.25) is 5.91 Å². The summed E-state index contributed by atoms with van der Waals surface area (Å²) in [6.45, 7) is 0. The maximum Gasteiger partial charge on any atom is 0.220 e. The lowest BCUT2D eigenvalue weighted by molar-refractivity contribution is -0.123. The molecule has 0 spiro atoms. The smallest absolute Gasteiger partial charge is 0.220 e. The lowest BCUT2D eigenvalue weighted by Crippen LogP contribution is -2.46. The highest BCUT2D eigenvalue weighted by Gasteiger charge is 2.28. The summed E-state index contributed by atoms with van der Waals surface area (Å²) in [5.74, 6) is 0.0675. The molecule has 1 fully saturated rings. The molecule has 0 bridgehead atoms. The number of nitrogens with one attached hydrogen (secondary N) is 1. The Morgan fingerprint density at radius 2 is 2.50 bits per heavy atom. The van der Waals surface area contributed by atoms with Gasteiger partial charge in [-0.2, -0.15) is 0 Å². The fraction of sp³-hybridized carbons (Fsp3) is 0.556. The molecule has 14 heavy (non-hydrogen) atoms. The van der Waals surface area contributed by atoms with Crippen LogP contribution in [0.25, 0.3) is 0 Å². The van der Waals surface area contributed by atoms with Gasteiger partial charge in [0, 0.05) is 19.5 Å². The Morgan fingerprint density at radius 3 is 3.14 bits per heavy atom. The number of imidazole rings is 1. The zero-order chi connectivity index (χ0) is 10.1. The van der Waals surface area contributed by atoms with Crippen molar-refractivity contribution in [2.75, 3.05) is 0 Å². The van der Waals surface area contributed by atoms with E-state index in [1.54, 1.807) is 12.5 Å². The second-order valence-electron chi connectivity index (χ2n) is 3.68. The summed E-state index contributed by atoms with van der Waals surface area (Å²) in [7, 11) is 1.90.